The molecule has 214 valence electrons. The van der Waals surface area contributed by atoms with Gasteiger partial charge in [-0.1, -0.05) is 71.7 Å². The van der Waals surface area contributed by atoms with E-state index in [2.05, 4.69) is 21.4 Å². The number of nitrogens with zero attached hydrogens (tertiary/aromatic N) is 2. The summed E-state index contributed by atoms with van der Waals surface area (Å²) in [5.74, 6) is 0.464. The van der Waals surface area contributed by atoms with Crippen molar-refractivity contribution in [1.29, 1.82) is 0 Å². The molecule has 0 atom stereocenters. The Morgan fingerprint density at radius 1 is 0.881 bits per heavy atom. The van der Waals surface area contributed by atoms with Crippen LogP contribution < -0.4 is 4.72 Å². The van der Waals surface area contributed by atoms with E-state index in [1.807, 2.05) is 48.7 Å². The Morgan fingerprint density at radius 3 is 2.10 bits per heavy atom. The summed E-state index contributed by atoms with van der Waals surface area (Å²) in [6.07, 6.45) is 3.67. The lowest BCUT2D eigenvalue weighted by Crippen LogP contribution is -2.09. The molecular weight excluding hydrogens is 593 g/mol. The lowest BCUT2D eigenvalue weighted by Gasteiger charge is -2.10. The van der Waals surface area contributed by atoms with E-state index >= 15 is 0 Å². The van der Waals surface area contributed by atoms with Gasteiger partial charge in [0.1, 0.15) is 5.82 Å². The van der Waals surface area contributed by atoms with Crippen LogP contribution in [0, 0.1) is 0 Å². The average Bonchev–Trinajstić information content (AvgIpc) is 3.34. The molecule has 0 aliphatic rings. The minimum absolute atomic E-state index is 0.380. The fourth-order valence-electron chi connectivity index (χ4n) is 4.56. The Labute approximate surface area is 254 Å². The smallest absolute Gasteiger partial charge is 0.337 e. The number of nitrogens with one attached hydrogen (secondary N) is 1. The molecule has 0 fully saturated rings. The number of aromatic nitrogens is 2. The van der Waals surface area contributed by atoms with Crippen molar-refractivity contribution in [3.8, 4) is 22.4 Å². The van der Waals surface area contributed by atoms with E-state index in [0.29, 0.717) is 34.3 Å². The maximum Gasteiger partial charge on any atom is 0.337 e. The summed E-state index contributed by atoms with van der Waals surface area (Å²) in [6, 6.07) is 28.0. The van der Waals surface area contributed by atoms with Crippen molar-refractivity contribution in [2.75, 3.05) is 18.1 Å². The van der Waals surface area contributed by atoms with E-state index in [-0.39, 0.29) is 5.97 Å². The second kappa shape index (κ2) is 12.4. The first kappa shape index (κ1) is 29.4. The summed E-state index contributed by atoms with van der Waals surface area (Å²) >= 11 is 12.6. The van der Waals surface area contributed by atoms with E-state index in [4.69, 9.17) is 32.9 Å². The molecule has 0 bridgehead atoms. The Hall–Kier alpha value is -4.11. The number of sulfonamides is 1. The summed E-state index contributed by atoms with van der Waals surface area (Å²) in [5.41, 5.74) is 6.56. The highest BCUT2D eigenvalue weighted by Crippen LogP contribution is 2.31. The normalized spacial score (nSPS) is 11.3. The molecule has 5 aromatic rings. The summed E-state index contributed by atoms with van der Waals surface area (Å²) in [4.78, 5) is 16.8. The molecule has 0 radical (unpaired) electrons. The molecule has 0 aliphatic carbocycles. The van der Waals surface area contributed by atoms with E-state index in [1.165, 1.54) is 7.11 Å². The Balaban J connectivity index is 1.41. The maximum absolute atomic E-state index is 11.9. The minimum Gasteiger partial charge on any atom is -0.465 e. The van der Waals surface area contributed by atoms with E-state index in [9.17, 15) is 13.2 Å². The lowest BCUT2D eigenvalue weighted by molar-refractivity contribution is 0.0600. The van der Waals surface area contributed by atoms with Crippen LogP contribution in [0.4, 0.5) is 5.69 Å². The molecule has 7 nitrogen and oxygen atoms in total. The van der Waals surface area contributed by atoms with Crippen molar-refractivity contribution >= 4 is 44.9 Å². The molecule has 42 heavy (non-hydrogen) atoms. The molecule has 0 unspecified atom stereocenters. The molecule has 5 rings (SSSR count). The number of rotatable bonds is 9. The second-order valence-corrected chi connectivity index (χ2v) is 12.4. The van der Waals surface area contributed by atoms with Crippen molar-refractivity contribution in [3.05, 3.63) is 130 Å². The second-order valence-electron chi connectivity index (χ2n) is 9.81. The molecule has 1 aromatic heterocycles. The highest BCUT2D eigenvalue weighted by Gasteiger charge is 2.15. The van der Waals surface area contributed by atoms with Crippen LogP contribution in [0.15, 0.2) is 97.2 Å². The van der Waals surface area contributed by atoms with Crippen LogP contribution >= 0.6 is 23.2 Å². The van der Waals surface area contributed by atoms with Gasteiger partial charge in [0.25, 0.3) is 0 Å². The maximum atomic E-state index is 11.9. The van der Waals surface area contributed by atoms with Crippen LogP contribution in [-0.4, -0.2) is 37.3 Å². The Morgan fingerprint density at radius 2 is 1.50 bits per heavy atom. The zero-order valence-corrected chi connectivity index (χ0v) is 25.2. The summed E-state index contributed by atoms with van der Waals surface area (Å²) in [5, 5.41) is 1.07. The molecule has 1 heterocycles. The van der Waals surface area contributed by atoms with Gasteiger partial charge in [0.15, 0.2) is 0 Å². The van der Waals surface area contributed by atoms with Crippen molar-refractivity contribution in [1.82, 2.24) is 9.55 Å². The number of halogens is 2. The van der Waals surface area contributed by atoms with Crippen LogP contribution in [0.2, 0.25) is 10.0 Å². The van der Waals surface area contributed by atoms with E-state index < -0.39 is 10.0 Å². The van der Waals surface area contributed by atoms with Gasteiger partial charge in [0.05, 0.1) is 29.6 Å². The quantitative estimate of drug-likeness (QED) is 0.175. The number of methoxy groups -OCH3 is 1. The Bertz CT molecular complexity index is 1830. The van der Waals surface area contributed by atoms with Crippen LogP contribution in [0.25, 0.3) is 22.4 Å². The van der Waals surface area contributed by atoms with Gasteiger partial charge in [-0.15, -0.1) is 0 Å². The summed E-state index contributed by atoms with van der Waals surface area (Å²) < 4.78 is 32.3. The van der Waals surface area contributed by atoms with Crippen LogP contribution in [0.3, 0.4) is 0 Å². The van der Waals surface area contributed by atoms with Crippen molar-refractivity contribution in [2.45, 2.75) is 13.0 Å². The molecule has 1 N–H and O–H groups in total. The first-order valence-corrected chi connectivity index (χ1v) is 15.6. The van der Waals surface area contributed by atoms with Gasteiger partial charge in [0, 0.05) is 35.4 Å². The van der Waals surface area contributed by atoms with Crippen LogP contribution in [0.5, 0.6) is 0 Å². The molecule has 0 spiro atoms. The number of hydrogen-bond donors (Lipinski definition) is 1. The summed E-state index contributed by atoms with van der Waals surface area (Å²) in [7, 11) is -1.97. The number of carbonyl (C=O) groups excluding carboxylic acids is 1. The first-order chi connectivity index (χ1) is 20.1. The van der Waals surface area contributed by atoms with Crippen molar-refractivity contribution in [2.24, 2.45) is 0 Å². The van der Waals surface area contributed by atoms with Crippen molar-refractivity contribution in [3.63, 3.8) is 0 Å². The number of ether oxygens (including phenoxy) is 1. The average molecular weight is 621 g/mol. The van der Waals surface area contributed by atoms with Gasteiger partial charge < -0.3 is 9.30 Å². The summed E-state index contributed by atoms with van der Waals surface area (Å²) in [6.45, 7) is 0.543. The van der Waals surface area contributed by atoms with Gasteiger partial charge in [-0.2, -0.15) is 0 Å². The van der Waals surface area contributed by atoms with Gasteiger partial charge in [-0.25, -0.2) is 18.2 Å². The van der Waals surface area contributed by atoms with Gasteiger partial charge >= 0.3 is 5.97 Å². The molecule has 4 aromatic carbocycles. The number of imidazole rings is 1. The topological polar surface area (TPSA) is 90.3 Å². The minimum atomic E-state index is -3.33. The number of carbonyl (C=O) groups is 1. The largest absolute Gasteiger partial charge is 0.465 e. The highest BCUT2D eigenvalue weighted by molar-refractivity contribution is 7.92. The van der Waals surface area contributed by atoms with Gasteiger partial charge in [-0.3, -0.25) is 4.72 Å². The number of hydrogen-bond acceptors (Lipinski definition) is 5. The fraction of sp³-hybridized carbons (Fsp3) is 0.125. The van der Waals surface area contributed by atoms with Crippen molar-refractivity contribution < 1.29 is 17.9 Å². The van der Waals surface area contributed by atoms with Gasteiger partial charge in [-0.05, 0) is 64.7 Å². The third-order valence-corrected chi connectivity index (χ3v) is 7.79. The molecular formula is C32H27Cl2N3O4S. The zero-order valence-electron chi connectivity index (χ0n) is 22.8. The fourth-order valence-corrected chi connectivity index (χ4v) is 5.63. The molecule has 0 saturated heterocycles. The predicted molar refractivity (Wildman–Crippen MR) is 168 cm³/mol. The number of anilines is 1. The zero-order chi connectivity index (χ0) is 29.9. The highest BCUT2D eigenvalue weighted by atomic mass is 35.5. The third kappa shape index (κ3) is 7.20. The molecule has 10 heteroatoms. The van der Waals surface area contributed by atoms with Crippen LogP contribution in [0.1, 0.15) is 27.3 Å². The molecule has 0 saturated carbocycles. The first-order valence-electron chi connectivity index (χ1n) is 12.9. The number of esters is 1. The SMILES string of the molecule is COC(=O)c1ccc(Cn2cc(-c3ccc(Cl)cc3Cl)nc2Cc2ccc(-c3ccc(NS(C)(=O)=O)cc3)cc2)cc1. The standard InChI is InChI=1S/C32H27Cl2N3O4S/c1-41-32(38)25-9-5-22(6-10-25)19-37-20-30(28-16-13-26(33)18-29(28)34)35-31(37)17-21-3-7-23(8-4-21)24-11-14-27(15-12-24)36-42(2,39)40/h3-16,18,20,36H,17,19H2,1-2H3. The molecule has 0 amide bonds. The van der Waals surface area contributed by atoms with Gasteiger partial charge in [0.2, 0.25) is 10.0 Å². The number of benzene rings is 4. The molecule has 0 aliphatic heterocycles. The lowest BCUT2D eigenvalue weighted by atomic mass is 10.0. The van der Waals surface area contributed by atoms with E-state index in [1.54, 1.807) is 36.4 Å². The predicted octanol–water partition coefficient (Wildman–Crippen LogP) is 7.32. The van der Waals surface area contributed by atoms with Crippen LogP contribution in [-0.2, 0) is 27.7 Å². The van der Waals surface area contributed by atoms with E-state index in [0.717, 1.165) is 45.6 Å². The monoisotopic (exact) mass is 619 g/mol. The third-order valence-electron chi connectivity index (χ3n) is 6.63. The Kier molecular flexibility index (Phi) is 8.68.